The fraction of sp³-hybridized carbons (Fsp3) is 0.269. The molecule has 0 radical (unpaired) electrons. The van der Waals surface area contributed by atoms with Crippen LogP contribution in [0.4, 0.5) is 17.5 Å². The van der Waals surface area contributed by atoms with E-state index in [2.05, 4.69) is 41.1 Å². The lowest BCUT2D eigenvalue weighted by molar-refractivity contribution is 0.0897. The third-order valence-electron chi connectivity index (χ3n) is 6.02. The van der Waals surface area contributed by atoms with Crippen LogP contribution in [0.25, 0.3) is 11.4 Å². The smallest absolute Gasteiger partial charge is 0.252 e. The highest BCUT2D eigenvalue weighted by molar-refractivity contribution is 5.98. The number of rotatable bonds is 7. The zero-order chi connectivity index (χ0) is 25.3. The predicted molar refractivity (Wildman–Crippen MR) is 137 cm³/mol. The summed E-state index contributed by atoms with van der Waals surface area (Å²) in [7, 11) is 0. The number of hydrogen-bond acceptors (Lipinski definition) is 8. The predicted octanol–water partition coefficient (Wildman–Crippen LogP) is 3.52. The molecule has 0 fully saturated rings. The number of aliphatic hydroxyl groups is 1. The van der Waals surface area contributed by atoms with E-state index in [9.17, 15) is 9.90 Å². The second-order valence-electron chi connectivity index (χ2n) is 9.50. The van der Waals surface area contributed by atoms with E-state index < -0.39 is 6.04 Å². The Morgan fingerprint density at radius 3 is 2.64 bits per heavy atom. The Morgan fingerprint density at radius 1 is 1.11 bits per heavy atom. The second kappa shape index (κ2) is 9.38. The van der Waals surface area contributed by atoms with Crippen molar-refractivity contribution in [1.82, 2.24) is 30.5 Å². The van der Waals surface area contributed by atoms with Crippen LogP contribution in [-0.2, 0) is 6.42 Å². The number of aromatic amines is 1. The average molecular weight is 485 g/mol. The molecule has 1 aliphatic heterocycles. The summed E-state index contributed by atoms with van der Waals surface area (Å²) in [5, 5.41) is 26.7. The molecule has 184 valence electrons. The van der Waals surface area contributed by atoms with Crippen molar-refractivity contribution in [3.63, 3.8) is 0 Å². The highest BCUT2D eigenvalue weighted by atomic mass is 16.3. The number of carbonyl (C=O) groups is 1. The monoisotopic (exact) mass is 484 g/mol. The zero-order valence-corrected chi connectivity index (χ0v) is 20.3. The molecule has 0 spiro atoms. The summed E-state index contributed by atoms with van der Waals surface area (Å²) in [5.41, 5.74) is 3.55. The summed E-state index contributed by atoms with van der Waals surface area (Å²) in [6, 6.07) is 14.9. The van der Waals surface area contributed by atoms with Crippen LogP contribution in [0.5, 0.6) is 0 Å². The summed E-state index contributed by atoms with van der Waals surface area (Å²) >= 11 is 0. The number of aromatic nitrogens is 5. The molecule has 5 rings (SSSR count). The van der Waals surface area contributed by atoms with Gasteiger partial charge in [0.25, 0.3) is 5.91 Å². The van der Waals surface area contributed by atoms with Crippen molar-refractivity contribution in [2.24, 2.45) is 0 Å². The fourth-order valence-corrected chi connectivity index (χ4v) is 4.31. The third-order valence-corrected chi connectivity index (χ3v) is 6.02. The average Bonchev–Trinajstić information content (AvgIpc) is 3.29. The number of anilines is 3. The lowest BCUT2D eigenvalue weighted by Crippen LogP contribution is -2.49. The number of benzene rings is 2. The van der Waals surface area contributed by atoms with Crippen molar-refractivity contribution >= 4 is 23.4 Å². The molecule has 10 heteroatoms. The van der Waals surface area contributed by atoms with Crippen molar-refractivity contribution in [3.8, 4) is 11.4 Å². The van der Waals surface area contributed by atoms with Crippen LogP contribution in [0.1, 0.15) is 47.2 Å². The first-order valence-electron chi connectivity index (χ1n) is 11.7. The Balaban J connectivity index is 1.47. The number of nitrogens with one attached hydrogen (secondary N) is 4. The number of amides is 1. The van der Waals surface area contributed by atoms with Gasteiger partial charge < -0.3 is 21.1 Å². The van der Waals surface area contributed by atoms with Gasteiger partial charge >= 0.3 is 0 Å². The normalized spacial score (nSPS) is 15.1. The molecule has 1 atom stereocenters. The molecule has 2 aromatic heterocycles. The number of H-pyrrole nitrogens is 1. The van der Waals surface area contributed by atoms with Gasteiger partial charge in [-0.3, -0.25) is 9.89 Å². The van der Waals surface area contributed by atoms with Gasteiger partial charge in [0.15, 0.2) is 5.82 Å². The van der Waals surface area contributed by atoms with E-state index in [0.29, 0.717) is 40.2 Å². The van der Waals surface area contributed by atoms with E-state index in [1.807, 2.05) is 69.3 Å². The van der Waals surface area contributed by atoms with Crippen molar-refractivity contribution < 1.29 is 9.90 Å². The quantitative estimate of drug-likeness (QED) is 0.268. The second-order valence-corrected chi connectivity index (χ2v) is 9.50. The van der Waals surface area contributed by atoms with Crippen molar-refractivity contribution in [2.75, 3.05) is 17.2 Å². The Bertz CT molecular complexity index is 1400. The topological polar surface area (TPSA) is 141 Å². The van der Waals surface area contributed by atoms with E-state index >= 15 is 0 Å². The highest BCUT2D eigenvalue weighted by Gasteiger charge is 2.30. The maximum atomic E-state index is 12.6. The minimum atomic E-state index is -0.400. The van der Waals surface area contributed by atoms with Gasteiger partial charge in [-0.2, -0.15) is 10.1 Å². The summed E-state index contributed by atoms with van der Waals surface area (Å²) in [5.74, 6) is 1.80. The first-order chi connectivity index (χ1) is 17.3. The summed E-state index contributed by atoms with van der Waals surface area (Å²) in [6.45, 7) is 5.69. The molecule has 36 heavy (non-hydrogen) atoms. The standard InChI is InChI=1S/C26H28N8O2/c1-15-28-23(34-33-15)20-13-27-25(31-22(20)30-21(14-35)16-7-5-4-6-8-16)29-18-10-9-17-12-26(2,3)32-24(36)19(17)11-18/h4-11,13,21,35H,12,14H2,1-3H3,(H,32,36)(H,28,33,34)(H2,27,29,30,31)/t21-/m1/s1. The Morgan fingerprint density at radius 2 is 1.92 bits per heavy atom. The SMILES string of the molecule is Cc1nc(-c2cnc(Nc3ccc4c(c3)C(=O)NC(C)(C)C4)nc2N[C@H](CO)c2ccccc2)n[nH]1. The highest BCUT2D eigenvalue weighted by Crippen LogP contribution is 2.30. The number of aliphatic hydroxyl groups excluding tert-OH is 1. The molecular formula is C26H28N8O2. The van der Waals surface area contributed by atoms with E-state index in [1.165, 1.54) is 0 Å². The maximum absolute atomic E-state index is 12.6. The van der Waals surface area contributed by atoms with Crippen LogP contribution in [-0.4, -0.2) is 48.3 Å². The Kier molecular flexibility index (Phi) is 6.11. The number of hydrogen-bond donors (Lipinski definition) is 5. The van der Waals surface area contributed by atoms with E-state index in [1.54, 1.807) is 6.20 Å². The largest absolute Gasteiger partial charge is 0.394 e. The first-order valence-corrected chi connectivity index (χ1v) is 11.7. The summed E-state index contributed by atoms with van der Waals surface area (Å²) in [4.78, 5) is 26.2. The van der Waals surface area contributed by atoms with Gasteiger partial charge in [-0.25, -0.2) is 9.97 Å². The molecular weight excluding hydrogens is 456 g/mol. The van der Waals surface area contributed by atoms with Crippen LogP contribution in [0.2, 0.25) is 0 Å². The van der Waals surface area contributed by atoms with Gasteiger partial charge in [-0.15, -0.1) is 0 Å². The molecule has 10 nitrogen and oxygen atoms in total. The van der Waals surface area contributed by atoms with Gasteiger partial charge in [0, 0.05) is 23.0 Å². The molecule has 0 saturated carbocycles. The molecule has 1 amide bonds. The van der Waals surface area contributed by atoms with Gasteiger partial charge in [0.2, 0.25) is 5.95 Å². The number of nitrogens with zero attached hydrogens (tertiary/aromatic N) is 4. The van der Waals surface area contributed by atoms with Crippen LogP contribution >= 0.6 is 0 Å². The van der Waals surface area contributed by atoms with Crippen LogP contribution in [0.15, 0.2) is 54.7 Å². The minimum Gasteiger partial charge on any atom is -0.394 e. The van der Waals surface area contributed by atoms with Crippen LogP contribution in [0.3, 0.4) is 0 Å². The van der Waals surface area contributed by atoms with Crippen LogP contribution < -0.4 is 16.0 Å². The molecule has 0 unspecified atom stereocenters. The van der Waals surface area contributed by atoms with E-state index in [4.69, 9.17) is 0 Å². The Hall–Kier alpha value is -4.31. The van der Waals surface area contributed by atoms with Crippen molar-refractivity contribution in [2.45, 2.75) is 38.8 Å². The lowest BCUT2D eigenvalue weighted by atomic mass is 9.87. The minimum absolute atomic E-state index is 0.0999. The van der Waals surface area contributed by atoms with Crippen molar-refractivity contribution in [3.05, 3.63) is 77.2 Å². The van der Waals surface area contributed by atoms with Crippen LogP contribution in [0, 0.1) is 6.92 Å². The van der Waals surface area contributed by atoms with E-state index in [0.717, 1.165) is 17.5 Å². The van der Waals surface area contributed by atoms with Gasteiger partial charge in [0.05, 0.1) is 18.2 Å². The molecule has 0 saturated heterocycles. The lowest BCUT2D eigenvalue weighted by Gasteiger charge is -2.32. The zero-order valence-electron chi connectivity index (χ0n) is 20.3. The number of carbonyl (C=O) groups excluding carboxylic acids is 1. The maximum Gasteiger partial charge on any atom is 0.252 e. The molecule has 3 heterocycles. The number of fused-ring (bicyclic) bond motifs is 1. The van der Waals surface area contributed by atoms with E-state index in [-0.39, 0.29) is 18.1 Å². The molecule has 5 N–H and O–H groups in total. The fourth-order valence-electron chi connectivity index (χ4n) is 4.31. The Labute approximate surface area is 208 Å². The summed E-state index contributed by atoms with van der Waals surface area (Å²) in [6.07, 6.45) is 2.39. The third kappa shape index (κ3) is 4.89. The van der Waals surface area contributed by atoms with Gasteiger partial charge in [0.1, 0.15) is 11.6 Å². The molecule has 1 aliphatic rings. The molecule has 0 aliphatic carbocycles. The molecule has 4 aromatic rings. The van der Waals surface area contributed by atoms with Gasteiger partial charge in [-0.1, -0.05) is 36.4 Å². The first kappa shape index (κ1) is 23.4. The number of aryl methyl sites for hydroxylation is 1. The molecule has 0 bridgehead atoms. The van der Waals surface area contributed by atoms with Crippen molar-refractivity contribution in [1.29, 1.82) is 0 Å². The van der Waals surface area contributed by atoms with Gasteiger partial charge in [-0.05, 0) is 50.5 Å². The summed E-state index contributed by atoms with van der Waals surface area (Å²) < 4.78 is 0. The molecule has 2 aromatic carbocycles.